The molecule has 0 saturated carbocycles. The van der Waals surface area contributed by atoms with Crippen LogP contribution in [0.2, 0.25) is 0 Å². The van der Waals surface area contributed by atoms with Crippen LogP contribution in [0.3, 0.4) is 0 Å². The molecule has 1 aliphatic rings. The number of nitrogens with zero attached hydrogens (tertiary/aromatic N) is 3. The molecule has 1 atom stereocenters. The fraction of sp³-hybridized carbons (Fsp3) is 0.250. The number of methoxy groups -OCH3 is 2. The van der Waals surface area contributed by atoms with E-state index in [1.807, 2.05) is 72.8 Å². The fourth-order valence-electron chi connectivity index (χ4n) is 4.26. The maximum atomic E-state index is 12.7. The average molecular weight is 486 g/mol. The van der Waals surface area contributed by atoms with Gasteiger partial charge in [-0.3, -0.25) is 4.79 Å². The summed E-state index contributed by atoms with van der Waals surface area (Å²) < 4.78 is 22.2. The number of hydrogen-bond donors (Lipinski definition) is 0. The van der Waals surface area contributed by atoms with Gasteiger partial charge in [0.25, 0.3) is 0 Å². The molecule has 184 valence electrons. The molecule has 5 rings (SSSR count). The third-order valence-corrected chi connectivity index (χ3v) is 6.22. The summed E-state index contributed by atoms with van der Waals surface area (Å²) in [4.78, 5) is 19.1. The average Bonchev–Trinajstić information content (AvgIpc) is 3.55. The lowest BCUT2D eigenvalue weighted by Crippen LogP contribution is -2.24. The summed E-state index contributed by atoms with van der Waals surface area (Å²) in [6.07, 6.45) is 0.320. The molecule has 0 spiro atoms. The number of rotatable bonds is 9. The van der Waals surface area contributed by atoms with Crippen LogP contribution in [-0.4, -0.2) is 41.7 Å². The van der Waals surface area contributed by atoms with E-state index in [9.17, 15) is 4.79 Å². The zero-order chi connectivity index (χ0) is 24.9. The van der Waals surface area contributed by atoms with Gasteiger partial charge in [0.2, 0.25) is 17.6 Å². The molecule has 1 amide bonds. The number of ether oxygens (including phenoxy) is 3. The standard InChI is InChI=1S/C28H27N3O5/c1-33-24-12-13-25(34-2)21(14-24)16-31-17-22(15-26(31)32)28-29-27(30-36-28)20-8-10-23(11-9-20)35-18-19-6-4-3-5-7-19/h3-14,22H,15-18H2,1-2H3. The van der Waals surface area contributed by atoms with Crippen LogP contribution in [0.1, 0.15) is 29.4 Å². The maximum Gasteiger partial charge on any atom is 0.232 e. The molecule has 8 heteroatoms. The van der Waals surface area contributed by atoms with Crippen molar-refractivity contribution in [2.24, 2.45) is 0 Å². The fourth-order valence-corrected chi connectivity index (χ4v) is 4.26. The summed E-state index contributed by atoms with van der Waals surface area (Å²) in [5.41, 5.74) is 2.81. The zero-order valence-electron chi connectivity index (χ0n) is 20.2. The van der Waals surface area contributed by atoms with Gasteiger partial charge in [-0.05, 0) is 48.0 Å². The highest BCUT2D eigenvalue weighted by molar-refractivity contribution is 5.79. The number of likely N-dealkylation sites (tertiary alicyclic amines) is 1. The molecular weight excluding hydrogens is 458 g/mol. The summed E-state index contributed by atoms with van der Waals surface area (Å²) in [6.45, 7) is 1.41. The highest BCUT2D eigenvalue weighted by Crippen LogP contribution is 2.32. The van der Waals surface area contributed by atoms with Gasteiger partial charge < -0.3 is 23.6 Å². The second-order valence-electron chi connectivity index (χ2n) is 8.61. The largest absolute Gasteiger partial charge is 0.497 e. The topological polar surface area (TPSA) is 86.9 Å². The van der Waals surface area contributed by atoms with E-state index in [1.165, 1.54) is 0 Å². The third kappa shape index (κ3) is 5.17. The van der Waals surface area contributed by atoms with Crippen molar-refractivity contribution in [3.05, 3.63) is 89.8 Å². The molecule has 2 heterocycles. The van der Waals surface area contributed by atoms with Gasteiger partial charge in [-0.15, -0.1) is 0 Å². The highest BCUT2D eigenvalue weighted by atomic mass is 16.5. The Morgan fingerprint density at radius 3 is 2.50 bits per heavy atom. The van der Waals surface area contributed by atoms with E-state index >= 15 is 0 Å². The molecule has 1 fully saturated rings. The van der Waals surface area contributed by atoms with Gasteiger partial charge in [0.1, 0.15) is 23.9 Å². The number of aromatic nitrogens is 2. The Morgan fingerprint density at radius 2 is 1.75 bits per heavy atom. The van der Waals surface area contributed by atoms with E-state index in [4.69, 9.17) is 18.7 Å². The predicted octanol–water partition coefficient (Wildman–Crippen LogP) is 4.85. The van der Waals surface area contributed by atoms with Gasteiger partial charge in [-0.25, -0.2) is 0 Å². The van der Waals surface area contributed by atoms with E-state index < -0.39 is 0 Å². The van der Waals surface area contributed by atoms with Crippen LogP contribution in [0.25, 0.3) is 11.4 Å². The molecular formula is C28H27N3O5. The van der Waals surface area contributed by atoms with Crippen LogP contribution in [-0.2, 0) is 17.9 Å². The van der Waals surface area contributed by atoms with E-state index in [1.54, 1.807) is 19.1 Å². The number of carbonyl (C=O) groups excluding carboxylic acids is 1. The molecule has 0 radical (unpaired) electrons. The van der Waals surface area contributed by atoms with Crippen molar-refractivity contribution in [3.63, 3.8) is 0 Å². The summed E-state index contributed by atoms with van der Waals surface area (Å²) >= 11 is 0. The van der Waals surface area contributed by atoms with Crippen LogP contribution in [0.5, 0.6) is 17.2 Å². The minimum absolute atomic E-state index is 0.0320. The quantitative estimate of drug-likeness (QED) is 0.335. The number of carbonyl (C=O) groups is 1. The van der Waals surface area contributed by atoms with Crippen LogP contribution in [0.4, 0.5) is 0 Å². The van der Waals surface area contributed by atoms with Gasteiger partial charge in [-0.2, -0.15) is 4.98 Å². The number of hydrogen-bond acceptors (Lipinski definition) is 7. The first kappa shape index (κ1) is 23.4. The van der Waals surface area contributed by atoms with Crippen molar-refractivity contribution >= 4 is 5.91 Å². The van der Waals surface area contributed by atoms with Gasteiger partial charge in [0, 0.05) is 30.6 Å². The first-order valence-electron chi connectivity index (χ1n) is 11.7. The van der Waals surface area contributed by atoms with Crippen molar-refractivity contribution in [3.8, 4) is 28.6 Å². The summed E-state index contributed by atoms with van der Waals surface area (Å²) in [5.74, 6) is 3.00. The summed E-state index contributed by atoms with van der Waals surface area (Å²) in [6, 6.07) is 23.1. The van der Waals surface area contributed by atoms with Crippen molar-refractivity contribution in [1.29, 1.82) is 0 Å². The second kappa shape index (κ2) is 10.5. The van der Waals surface area contributed by atoms with E-state index in [0.717, 1.165) is 22.4 Å². The summed E-state index contributed by atoms with van der Waals surface area (Å²) in [5, 5.41) is 4.15. The zero-order valence-corrected chi connectivity index (χ0v) is 20.2. The van der Waals surface area contributed by atoms with Gasteiger partial charge >= 0.3 is 0 Å². The second-order valence-corrected chi connectivity index (χ2v) is 8.61. The molecule has 8 nitrogen and oxygen atoms in total. The lowest BCUT2D eigenvalue weighted by Gasteiger charge is -2.18. The van der Waals surface area contributed by atoms with Crippen molar-refractivity contribution in [2.75, 3.05) is 20.8 Å². The normalized spacial score (nSPS) is 15.2. The molecule has 0 bridgehead atoms. The van der Waals surface area contributed by atoms with Crippen molar-refractivity contribution in [1.82, 2.24) is 15.0 Å². The molecule has 1 aliphatic heterocycles. The highest BCUT2D eigenvalue weighted by Gasteiger charge is 2.34. The van der Waals surface area contributed by atoms with E-state index in [-0.39, 0.29) is 11.8 Å². The van der Waals surface area contributed by atoms with Gasteiger partial charge in [0.15, 0.2) is 0 Å². The summed E-state index contributed by atoms with van der Waals surface area (Å²) in [7, 11) is 3.23. The Kier molecular flexibility index (Phi) is 6.84. The molecule has 1 unspecified atom stereocenters. The Hall–Kier alpha value is -4.33. The molecule has 1 saturated heterocycles. The lowest BCUT2D eigenvalue weighted by molar-refractivity contribution is -0.128. The Balaban J connectivity index is 1.23. The molecule has 0 aliphatic carbocycles. The maximum absolute atomic E-state index is 12.7. The molecule has 1 aromatic heterocycles. The van der Waals surface area contributed by atoms with Crippen molar-refractivity contribution < 1.29 is 23.5 Å². The SMILES string of the molecule is COc1ccc(OC)c(CN2CC(c3nc(-c4ccc(OCc5ccccc5)cc4)no3)CC2=O)c1. The smallest absolute Gasteiger partial charge is 0.232 e. The van der Waals surface area contributed by atoms with E-state index in [0.29, 0.717) is 49.3 Å². The molecule has 3 aromatic carbocycles. The Bertz CT molecular complexity index is 1320. The van der Waals surface area contributed by atoms with Crippen LogP contribution < -0.4 is 14.2 Å². The van der Waals surface area contributed by atoms with Crippen molar-refractivity contribution in [2.45, 2.75) is 25.5 Å². The molecule has 36 heavy (non-hydrogen) atoms. The minimum atomic E-state index is -0.163. The van der Waals surface area contributed by atoms with Gasteiger partial charge in [-0.1, -0.05) is 35.5 Å². The van der Waals surface area contributed by atoms with Crippen LogP contribution in [0.15, 0.2) is 77.3 Å². The Morgan fingerprint density at radius 1 is 0.972 bits per heavy atom. The minimum Gasteiger partial charge on any atom is -0.497 e. The number of benzene rings is 3. The molecule has 4 aromatic rings. The predicted molar refractivity (Wildman–Crippen MR) is 133 cm³/mol. The molecule has 0 N–H and O–H groups in total. The first-order valence-corrected chi connectivity index (χ1v) is 11.7. The number of amides is 1. The van der Waals surface area contributed by atoms with E-state index in [2.05, 4.69) is 10.1 Å². The van der Waals surface area contributed by atoms with Crippen LogP contribution >= 0.6 is 0 Å². The lowest BCUT2D eigenvalue weighted by atomic mass is 10.1. The van der Waals surface area contributed by atoms with Crippen LogP contribution in [0, 0.1) is 0 Å². The first-order chi connectivity index (χ1) is 17.6. The van der Waals surface area contributed by atoms with Gasteiger partial charge in [0.05, 0.1) is 20.1 Å². The Labute approximate surface area is 209 Å². The monoisotopic (exact) mass is 485 g/mol. The third-order valence-electron chi connectivity index (χ3n) is 6.22.